The molecule has 5 nitrogen and oxygen atoms in total. The summed E-state index contributed by atoms with van der Waals surface area (Å²) >= 11 is 0. The van der Waals surface area contributed by atoms with E-state index < -0.39 is 10.0 Å². The molecule has 6 heteroatoms. The highest BCUT2D eigenvalue weighted by Gasteiger charge is 2.31. The Morgan fingerprint density at radius 3 is 2.53 bits per heavy atom. The molecule has 0 aliphatic carbocycles. The second-order valence-electron chi connectivity index (χ2n) is 4.62. The number of hydrogen-bond donors (Lipinski definition) is 1. The Morgan fingerprint density at radius 1 is 1.32 bits per heavy atom. The number of quaternary nitrogens is 1. The number of likely N-dealkylation sites (N-methyl/N-ethyl adjacent to an activating group) is 1. The highest BCUT2D eigenvalue weighted by molar-refractivity contribution is 7.89. The van der Waals surface area contributed by atoms with Gasteiger partial charge in [0.25, 0.3) is 0 Å². The summed E-state index contributed by atoms with van der Waals surface area (Å²) in [4.78, 5) is 1.54. The Hall–Kier alpha value is -1.42. The largest absolute Gasteiger partial charge is 0.333 e. The van der Waals surface area contributed by atoms with Gasteiger partial charge in [-0.15, -0.1) is 0 Å². The topological polar surface area (TPSA) is 65.6 Å². The minimum atomic E-state index is -3.54. The van der Waals surface area contributed by atoms with E-state index in [4.69, 9.17) is 5.26 Å². The van der Waals surface area contributed by atoms with Crippen LogP contribution in [-0.2, 0) is 10.0 Å². The lowest BCUT2D eigenvalue weighted by Crippen LogP contribution is -3.14. The van der Waals surface area contributed by atoms with Crippen LogP contribution >= 0.6 is 0 Å². The minimum Gasteiger partial charge on any atom is -0.333 e. The van der Waals surface area contributed by atoms with Crippen molar-refractivity contribution in [3.8, 4) is 6.07 Å². The van der Waals surface area contributed by atoms with Gasteiger partial charge in [0, 0.05) is 0 Å². The molecule has 0 spiro atoms. The van der Waals surface area contributed by atoms with E-state index in [9.17, 15) is 8.42 Å². The monoisotopic (exact) mass is 280 g/mol. The van der Waals surface area contributed by atoms with Crippen LogP contribution in [0.15, 0.2) is 29.2 Å². The van der Waals surface area contributed by atoms with Crippen molar-refractivity contribution in [3.63, 3.8) is 0 Å². The van der Waals surface area contributed by atoms with Crippen LogP contribution in [0.1, 0.15) is 12.5 Å². The van der Waals surface area contributed by atoms with Crippen molar-refractivity contribution in [3.05, 3.63) is 29.8 Å². The molecule has 1 heterocycles. The molecule has 1 fully saturated rings. The third kappa shape index (κ3) is 2.78. The minimum absolute atomic E-state index is 0.123. The van der Waals surface area contributed by atoms with Crippen molar-refractivity contribution in [2.24, 2.45) is 0 Å². The van der Waals surface area contributed by atoms with Gasteiger partial charge < -0.3 is 4.90 Å². The van der Waals surface area contributed by atoms with Gasteiger partial charge in [0.1, 0.15) is 6.07 Å². The summed E-state index contributed by atoms with van der Waals surface area (Å²) in [6.07, 6.45) is 0. The Balaban J connectivity index is 2.27. The number of nitrogens with zero attached hydrogens (tertiary/aromatic N) is 2. The van der Waals surface area contributed by atoms with Crippen molar-refractivity contribution in [1.82, 2.24) is 4.31 Å². The highest BCUT2D eigenvalue weighted by Crippen LogP contribution is 2.19. The summed E-state index contributed by atoms with van der Waals surface area (Å²) in [5.41, 5.74) is 0.216. The molecule has 0 unspecified atom stereocenters. The third-order valence-corrected chi connectivity index (χ3v) is 5.51. The van der Waals surface area contributed by atoms with Crippen molar-refractivity contribution in [2.45, 2.75) is 11.8 Å². The second kappa shape index (κ2) is 5.70. The summed E-state index contributed by atoms with van der Waals surface area (Å²) in [7, 11) is -3.54. The van der Waals surface area contributed by atoms with E-state index in [2.05, 4.69) is 6.92 Å². The van der Waals surface area contributed by atoms with E-state index in [1.165, 1.54) is 15.3 Å². The summed E-state index contributed by atoms with van der Waals surface area (Å²) in [5.74, 6) is 0. The molecule has 19 heavy (non-hydrogen) atoms. The molecule has 0 aromatic heterocycles. The van der Waals surface area contributed by atoms with Gasteiger partial charge in [-0.25, -0.2) is 8.42 Å². The summed E-state index contributed by atoms with van der Waals surface area (Å²) in [6, 6.07) is 8.33. The van der Waals surface area contributed by atoms with Crippen molar-refractivity contribution in [2.75, 3.05) is 32.7 Å². The molecular weight excluding hydrogens is 262 g/mol. The standard InChI is InChI=1S/C13H17N3O2S/c1-2-15-7-9-16(10-8-15)19(17,18)13-6-4-3-5-12(13)11-14/h3-6H,2,7-10H2,1H3/p+1. The molecule has 1 saturated heterocycles. The third-order valence-electron chi connectivity index (χ3n) is 3.55. The van der Waals surface area contributed by atoms with Crippen LogP contribution in [0.3, 0.4) is 0 Å². The maximum absolute atomic E-state index is 12.5. The smallest absolute Gasteiger partial charge is 0.244 e. The number of nitriles is 1. The van der Waals surface area contributed by atoms with E-state index in [1.54, 1.807) is 18.2 Å². The molecule has 1 aromatic carbocycles. The van der Waals surface area contributed by atoms with Gasteiger partial charge in [-0.2, -0.15) is 9.57 Å². The van der Waals surface area contributed by atoms with Crippen LogP contribution in [-0.4, -0.2) is 45.4 Å². The summed E-state index contributed by atoms with van der Waals surface area (Å²) < 4.78 is 26.5. The molecule has 1 aliphatic rings. The maximum Gasteiger partial charge on any atom is 0.244 e. The van der Waals surface area contributed by atoms with Crippen LogP contribution in [0.4, 0.5) is 0 Å². The Kier molecular flexibility index (Phi) is 4.20. The molecule has 1 aromatic rings. The van der Waals surface area contributed by atoms with Crippen molar-refractivity contribution < 1.29 is 13.3 Å². The number of piperazine rings is 1. The first-order chi connectivity index (χ1) is 9.09. The van der Waals surface area contributed by atoms with Gasteiger partial charge >= 0.3 is 0 Å². The normalized spacial score (nSPS) is 18.1. The Bertz CT molecular complexity index is 584. The molecule has 102 valence electrons. The molecule has 0 atom stereocenters. The number of benzene rings is 1. The van der Waals surface area contributed by atoms with Gasteiger partial charge in [-0.05, 0) is 19.1 Å². The summed E-state index contributed by atoms with van der Waals surface area (Å²) in [6.45, 7) is 5.80. The molecule has 0 amide bonds. The van der Waals surface area contributed by atoms with Gasteiger partial charge in [0.15, 0.2) is 0 Å². The van der Waals surface area contributed by atoms with E-state index in [0.717, 1.165) is 19.6 Å². The molecular formula is C13H18N3O2S+. The van der Waals surface area contributed by atoms with Crippen LogP contribution in [0.2, 0.25) is 0 Å². The van der Waals surface area contributed by atoms with Crippen molar-refractivity contribution >= 4 is 10.0 Å². The quantitative estimate of drug-likeness (QED) is 0.809. The molecule has 0 bridgehead atoms. The number of nitrogens with one attached hydrogen (secondary N) is 1. The zero-order chi connectivity index (χ0) is 13.9. The molecule has 1 N–H and O–H groups in total. The first-order valence-corrected chi connectivity index (χ1v) is 7.86. The van der Waals surface area contributed by atoms with Gasteiger partial charge in [-0.3, -0.25) is 0 Å². The first-order valence-electron chi connectivity index (χ1n) is 6.42. The fourth-order valence-corrected chi connectivity index (χ4v) is 3.90. The molecule has 0 radical (unpaired) electrons. The van der Waals surface area contributed by atoms with Crippen LogP contribution < -0.4 is 4.90 Å². The summed E-state index contributed by atoms with van der Waals surface area (Å²) in [5, 5.41) is 9.02. The van der Waals surface area contributed by atoms with Crippen LogP contribution in [0.25, 0.3) is 0 Å². The maximum atomic E-state index is 12.5. The highest BCUT2D eigenvalue weighted by atomic mass is 32.2. The lowest BCUT2D eigenvalue weighted by atomic mass is 10.2. The fraction of sp³-hybridized carbons (Fsp3) is 0.462. The van der Waals surface area contributed by atoms with Crippen molar-refractivity contribution in [1.29, 1.82) is 5.26 Å². The first kappa shape index (κ1) is 14.0. The average Bonchev–Trinajstić information content (AvgIpc) is 2.47. The van der Waals surface area contributed by atoms with Crippen LogP contribution in [0.5, 0.6) is 0 Å². The zero-order valence-electron chi connectivity index (χ0n) is 11.0. The van der Waals surface area contributed by atoms with E-state index in [0.29, 0.717) is 13.1 Å². The predicted molar refractivity (Wildman–Crippen MR) is 71.2 cm³/mol. The predicted octanol–water partition coefficient (Wildman–Crippen LogP) is -0.533. The van der Waals surface area contributed by atoms with Gasteiger partial charge in [-0.1, -0.05) is 12.1 Å². The molecule has 0 saturated carbocycles. The van der Waals surface area contributed by atoms with E-state index in [-0.39, 0.29) is 10.5 Å². The lowest BCUT2D eigenvalue weighted by Gasteiger charge is -2.31. The number of sulfonamides is 1. The van der Waals surface area contributed by atoms with Gasteiger partial charge in [0.05, 0.1) is 43.2 Å². The van der Waals surface area contributed by atoms with Crippen LogP contribution in [0, 0.1) is 11.3 Å². The van der Waals surface area contributed by atoms with E-state index in [1.807, 2.05) is 6.07 Å². The molecule has 1 aliphatic heterocycles. The average molecular weight is 280 g/mol. The number of hydrogen-bond acceptors (Lipinski definition) is 3. The van der Waals surface area contributed by atoms with Gasteiger partial charge in [0.2, 0.25) is 10.0 Å². The Labute approximate surface area is 114 Å². The lowest BCUT2D eigenvalue weighted by molar-refractivity contribution is -0.901. The number of rotatable bonds is 3. The Morgan fingerprint density at radius 2 is 1.95 bits per heavy atom. The molecule has 2 rings (SSSR count). The zero-order valence-corrected chi connectivity index (χ0v) is 11.8. The second-order valence-corrected chi connectivity index (χ2v) is 6.52. The fourth-order valence-electron chi connectivity index (χ4n) is 2.32. The SMILES string of the molecule is CC[NH+]1CCN(S(=O)(=O)c2ccccc2C#N)CC1. The van der Waals surface area contributed by atoms with E-state index >= 15 is 0 Å².